The predicted molar refractivity (Wildman–Crippen MR) is 105 cm³/mol. The van der Waals surface area contributed by atoms with E-state index in [-0.39, 0.29) is 11.9 Å². The Balaban J connectivity index is 1.50. The number of rotatable bonds is 4. The van der Waals surface area contributed by atoms with E-state index in [1.807, 2.05) is 23.7 Å². The molecule has 0 atom stereocenters. The van der Waals surface area contributed by atoms with E-state index < -0.39 is 0 Å². The van der Waals surface area contributed by atoms with Crippen molar-refractivity contribution in [3.05, 3.63) is 53.7 Å². The maximum absolute atomic E-state index is 13.0. The van der Waals surface area contributed by atoms with Crippen LogP contribution in [0.25, 0.3) is 10.9 Å². The largest absolute Gasteiger partial charge is 0.349 e. The Morgan fingerprint density at radius 1 is 1.22 bits per heavy atom. The number of carbonyl (C=O) groups excluding carboxylic acids is 1. The Hall–Kier alpha value is -2.76. The van der Waals surface area contributed by atoms with Gasteiger partial charge in [0.05, 0.1) is 17.1 Å². The van der Waals surface area contributed by atoms with Gasteiger partial charge in [0.25, 0.3) is 5.91 Å². The van der Waals surface area contributed by atoms with Crippen LogP contribution in [0.3, 0.4) is 0 Å². The third kappa shape index (κ3) is 3.70. The molecule has 0 radical (unpaired) electrons. The van der Waals surface area contributed by atoms with Crippen LogP contribution in [-0.4, -0.2) is 31.7 Å². The van der Waals surface area contributed by atoms with Gasteiger partial charge in [0.15, 0.2) is 0 Å². The van der Waals surface area contributed by atoms with Crippen LogP contribution in [0.15, 0.2) is 36.9 Å². The first kappa shape index (κ1) is 17.6. The zero-order valence-electron chi connectivity index (χ0n) is 15.9. The van der Waals surface area contributed by atoms with Gasteiger partial charge < -0.3 is 5.32 Å². The average Bonchev–Trinajstić information content (AvgIpc) is 3.22. The van der Waals surface area contributed by atoms with Gasteiger partial charge in [-0.3, -0.25) is 9.78 Å². The average molecular weight is 363 g/mol. The number of nitrogens with zero attached hydrogens (tertiary/aromatic N) is 4. The monoisotopic (exact) mass is 363 g/mol. The van der Waals surface area contributed by atoms with Crippen LogP contribution < -0.4 is 5.32 Å². The summed E-state index contributed by atoms with van der Waals surface area (Å²) in [4.78, 5) is 21.6. The molecule has 2 aromatic heterocycles. The van der Waals surface area contributed by atoms with E-state index in [9.17, 15) is 4.79 Å². The number of pyridine rings is 1. The van der Waals surface area contributed by atoms with Crippen molar-refractivity contribution in [3.8, 4) is 0 Å². The molecular weight excluding hydrogens is 338 g/mol. The molecule has 0 unspecified atom stereocenters. The number of benzene rings is 1. The fourth-order valence-electron chi connectivity index (χ4n) is 3.97. The summed E-state index contributed by atoms with van der Waals surface area (Å²) >= 11 is 0. The van der Waals surface area contributed by atoms with Gasteiger partial charge in [-0.05, 0) is 62.8 Å². The van der Waals surface area contributed by atoms with Gasteiger partial charge in [0.2, 0.25) is 0 Å². The summed E-state index contributed by atoms with van der Waals surface area (Å²) in [6, 6.07) is 8.69. The van der Waals surface area contributed by atoms with E-state index >= 15 is 0 Å². The molecule has 140 valence electrons. The number of nitrogens with one attached hydrogen (secondary N) is 1. The van der Waals surface area contributed by atoms with Crippen molar-refractivity contribution in [2.24, 2.45) is 0 Å². The van der Waals surface area contributed by atoms with E-state index in [4.69, 9.17) is 0 Å². The molecule has 1 saturated carbocycles. The summed E-state index contributed by atoms with van der Waals surface area (Å²) in [6.45, 7) is 4.06. The Morgan fingerprint density at radius 3 is 2.74 bits per heavy atom. The summed E-state index contributed by atoms with van der Waals surface area (Å²) in [7, 11) is 0. The van der Waals surface area contributed by atoms with Gasteiger partial charge in [-0.1, -0.05) is 13.0 Å². The summed E-state index contributed by atoms with van der Waals surface area (Å²) < 4.78 is 1.93. The number of aryl methyl sites for hydroxylation is 2. The van der Waals surface area contributed by atoms with E-state index in [2.05, 4.69) is 39.4 Å². The highest BCUT2D eigenvalue weighted by atomic mass is 16.1. The molecule has 1 aliphatic rings. The Labute approximate surface area is 159 Å². The number of aromatic nitrogens is 4. The molecule has 0 spiro atoms. The molecule has 4 rings (SSSR count). The highest BCUT2D eigenvalue weighted by Gasteiger charge is 2.25. The predicted octanol–water partition coefficient (Wildman–Crippen LogP) is 3.61. The molecule has 0 saturated heterocycles. The van der Waals surface area contributed by atoms with Crippen molar-refractivity contribution in [1.29, 1.82) is 0 Å². The third-order valence-electron chi connectivity index (χ3n) is 5.50. The second kappa shape index (κ2) is 7.47. The maximum atomic E-state index is 13.0. The van der Waals surface area contributed by atoms with E-state index in [1.54, 1.807) is 12.7 Å². The zero-order valence-corrected chi connectivity index (χ0v) is 15.9. The van der Waals surface area contributed by atoms with E-state index in [1.165, 1.54) is 5.56 Å². The van der Waals surface area contributed by atoms with E-state index in [0.717, 1.165) is 54.3 Å². The lowest BCUT2D eigenvalue weighted by atomic mass is 9.91. The van der Waals surface area contributed by atoms with Gasteiger partial charge in [0.1, 0.15) is 12.7 Å². The fourth-order valence-corrected chi connectivity index (χ4v) is 3.97. The molecule has 0 bridgehead atoms. The maximum Gasteiger partial charge on any atom is 0.252 e. The van der Waals surface area contributed by atoms with Crippen LogP contribution in [0.5, 0.6) is 0 Å². The highest BCUT2D eigenvalue weighted by molar-refractivity contribution is 6.06. The second-order valence-electron chi connectivity index (χ2n) is 7.37. The summed E-state index contributed by atoms with van der Waals surface area (Å²) in [5.41, 5.74) is 3.70. The summed E-state index contributed by atoms with van der Waals surface area (Å²) in [6.07, 6.45) is 8.22. The molecule has 27 heavy (non-hydrogen) atoms. The van der Waals surface area contributed by atoms with Gasteiger partial charge in [-0.25, -0.2) is 9.67 Å². The molecule has 6 nitrogen and oxygen atoms in total. The molecule has 6 heteroatoms. The molecule has 0 aliphatic heterocycles. The number of fused-ring (bicyclic) bond motifs is 1. The highest BCUT2D eigenvalue weighted by Crippen LogP contribution is 2.28. The van der Waals surface area contributed by atoms with Gasteiger partial charge in [0, 0.05) is 17.1 Å². The molecular formula is C21H25N5O. The number of hydrogen-bond acceptors (Lipinski definition) is 4. The van der Waals surface area contributed by atoms with Crippen LogP contribution in [0.4, 0.5) is 0 Å². The van der Waals surface area contributed by atoms with Crippen LogP contribution >= 0.6 is 0 Å². The lowest BCUT2D eigenvalue weighted by molar-refractivity contribution is 0.0923. The van der Waals surface area contributed by atoms with E-state index in [0.29, 0.717) is 6.04 Å². The second-order valence-corrected chi connectivity index (χ2v) is 7.37. The SMILES string of the molecule is CCc1ccc2nc(C)cc(C(=O)NC3CCC(n4cncn4)CC3)c2c1. The first-order valence-corrected chi connectivity index (χ1v) is 9.69. The van der Waals surface area contributed by atoms with Gasteiger partial charge >= 0.3 is 0 Å². The first-order chi connectivity index (χ1) is 13.1. The molecule has 1 aliphatic carbocycles. The Morgan fingerprint density at radius 2 is 2.04 bits per heavy atom. The number of amides is 1. The molecule has 2 heterocycles. The minimum Gasteiger partial charge on any atom is -0.349 e. The van der Waals surface area contributed by atoms with Crippen LogP contribution in [0.1, 0.15) is 60.3 Å². The molecule has 1 amide bonds. The first-order valence-electron chi connectivity index (χ1n) is 9.69. The Kier molecular flexibility index (Phi) is 4.88. The van der Waals surface area contributed by atoms with Crippen molar-refractivity contribution in [2.45, 2.75) is 58.0 Å². The standard InChI is InChI=1S/C21H25N5O/c1-3-15-4-9-20-18(11-15)19(10-14(2)24-20)21(27)25-16-5-7-17(8-6-16)26-13-22-12-23-26/h4,9-13,16-17H,3,5-8H2,1-2H3,(H,25,27). The molecule has 3 aromatic rings. The number of carbonyl (C=O) groups is 1. The normalized spacial score (nSPS) is 19.9. The Bertz CT molecular complexity index is 943. The van der Waals surface area contributed by atoms with Crippen molar-refractivity contribution in [3.63, 3.8) is 0 Å². The van der Waals surface area contributed by atoms with Crippen molar-refractivity contribution >= 4 is 16.8 Å². The summed E-state index contributed by atoms with van der Waals surface area (Å²) in [5, 5.41) is 8.43. The third-order valence-corrected chi connectivity index (χ3v) is 5.50. The van der Waals surface area contributed by atoms with Crippen molar-refractivity contribution < 1.29 is 4.79 Å². The lowest BCUT2D eigenvalue weighted by Gasteiger charge is -2.29. The minimum absolute atomic E-state index is 0.00274. The molecule has 1 fully saturated rings. The lowest BCUT2D eigenvalue weighted by Crippen LogP contribution is -2.38. The molecule has 1 aromatic carbocycles. The van der Waals surface area contributed by atoms with Crippen molar-refractivity contribution in [1.82, 2.24) is 25.1 Å². The van der Waals surface area contributed by atoms with Crippen LogP contribution in [0.2, 0.25) is 0 Å². The number of hydrogen-bond donors (Lipinski definition) is 1. The minimum atomic E-state index is 0.00274. The van der Waals surface area contributed by atoms with Crippen molar-refractivity contribution in [2.75, 3.05) is 0 Å². The fraction of sp³-hybridized carbons (Fsp3) is 0.429. The van der Waals surface area contributed by atoms with Crippen LogP contribution in [0, 0.1) is 6.92 Å². The zero-order chi connectivity index (χ0) is 18.8. The van der Waals surface area contributed by atoms with Crippen LogP contribution in [-0.2, 0) is 6.42 Å². The summed E-state index contributed by atoms with van der Waals surface area (Å²) in [5.74, 6) is 0.00274. The molecule has 1 N–H and O–H groups in total. The smallest absolute Gasteiger partial charge is 0.252 e. The van der Waals surface area contributed by atoms with Gasteiger partial charge in [-0.15, -0.1) is 0 Å². The van der Waals surface area contributed by atoms with Gasteiger partial charge in [-0.2, -0.15) is 5.10 Å². The quantitative estimate of drug-likeness (QED) is 0.768. The topological polar surface area (TPSA) is 72.7 Å².